The zero-order valence-electron chi connectivity index (χ0n) is 5.58. The van der Waals surface area contributed by atoms with Crippen molar-refractivity contribution in [2.24, 2.45) is 0 Å². The van der Waals surface area contributed by atoms with Crippen LogP contribution in [0.15, 0.2) is 30.3 Å². The molecule has 0 radical (unpaired) electrons. The van der Waals surface area contributed by atoms with Crippen LogP contribution in [0.25, 0.3) is 6.08 Å². The molecule has 0 saturated heterocycles. The molecule has 0 fully saturated rings. The summed E-state index contributed by atoms with van der Waals surface area (Å²) in [5, 5.41) is 0. The second-order valence-electron chi connectivity index (χ2n) is 2.25. The fourth-order valence-corrected chi connectivity index (χ4v) is 1.06. The lowest BCUT2D eigenvalue weighted by molar-refractivity contribution is 0.358. The number of hydrogen-bond donors (Lipinski definition) is 0. The summed E-state index contributed by atoms with van der Waals surface area (Å²) in [6.45, 7) is 0.705. The topological polar surface area (TPSA) is 9.23 Å². The highest BCUT2D eigenvalue weighted by Crippen LogP contribution is 2.21. The molecule has 1 aliphatic rings. The molecule has 12 heavy (non-hydrogen) atoms. The number of fused-ring (bicyclic) bond motifs is 1. The fourth-order valence-electron chi connectivity index (χ4n) is 1.06. The summed E-state index contributed by atoms with van der Waals surface area (Å²) in [6.07, 6.45) is 4.10. The van der Waals surface area contributed by atoms with E-state index in [0.29, 0.717) is 6.61 Å². The van der Waals surface area contributed by atoms with Crippen molar-refractivity contribution in [1.29, 1.82) is 0 Å². The van der Waals surface area contributed by atoms with Gasteiger partial charge in [-0.3, -0.25) is 0 Å². The number of para-hydroxylation sites is 1. The van der Waals surface area contributed by atoms with Crippen LogP contribution in [0, 0.1) is 0 Å². The molecule has 2 rings (SSSR count). The molecule has 0 aromatic heterocycles. The first-order valence-corrected chi connectivity index (χ1v) is 3.35. The summed E-state index contributed by atoms with van der Waals surface area (Å²) in [6, 6.07) is 8.03. The minimum atomic E-state index is 0. The number of rotatable bonds is 0. The van der Waals surface area contributed by atoms with Gasteiger partial charge in [0.25, 0.3) is 0 Å². The molecule has 1 aromatic rings. The van der Waals surface area contributed by atoms with Crippen LogP contribution in [0.4, 0.5) is 0 Å². The highest BCUT2D eigenvalue weighted by Gasteiger charge is 2.01. The summed E-state index contributed by atoms with van der Waals surface area (Å²) in [5.41, 5.74) is 1.17. The number of hydrogen-bond acceptors (Lipinski definition) is 1. The second kappa shape index (κ2) is 4.77. The normalized spacial score (nSPS) is 11.7. The van der Waals surface area contributed by atoms with E-state index in [-0.39, 0.29) is 18.4 Å². The molecule has 0 unspecified atom stereocenters. The van der Waals surface area contributed by atoms with Crippen molar-refractivity contribution < 1.29 is 4.74 Å². The van der Waals surface area contributed by atoms with Crippen molar-refractivity contribution in [3.05, 3.63) is 35.9 Å². The van der Waals surface area contributed by atoms with Crippen LogP contribution in [0.5, 0.6) is 5.75 Å². The third kappa shape index (κ3) is 1.98. The van der Waals surface area contributed by atoms with Gasteiger partial charge in [-0.2, -0.15) is 0 Å². The minimum Gasteiger partial charge on any atom is -0.489 e. The molecule has 0 amide bonds. The Morgan fingerprint density at radius 2 is 1.92 bits per heavy atom. The van der Waals surface area contributed by atoms with Gasteiger partial charge in [0.05, 0.1) is 0 Å². The molecule has 0 atom stereocenters. The van der Waals surface area contributed by atoms with Gasteiger partial charge in [0.15, 0.2) is 0 Å². The zero-order chi connectivity index (χ0) is 6.81. The van der Waals surface area contributed by atoms with E-state index < -0.39 is 0 Å². The molecule has 0 saturated carbocycles. The molecular formula is C10H16OSi. The van der Waals surface area contributed by atoms with Crippen molar-refractivity contribution in [1.82, 2.24) is 0 Å². The quantitative estimate of drug-likeness (QED) is 0.546. The summed E-state index contributed by atoms with van der Waals surface area (Å²) in [4.78, 5) is 0. The van der Waals surface area contributed by atoms with Crippen LogP contribution in [-0.2, 0) is 0 Å². The van der Waals surface area contributed by atoms with Crippen LogP contribution >= 0.6 is 0 Å². The monoisotopic (exact) mass is 180 g/mol. The van der Waals surface area contributed by atoms with Gasteiger partial charge in [-0.05, 0) is 23.1 Å². The van der Waals surface area contributed by atoms with Gasteiger partial charge in [-0.15, -0.1) is 0 Å². The lowest BCUT2D eigenvalue weighted by Crippen LogP contribution is -1.98. The van der Waals surface area contributed by atoms with Gasteiger partial charge >= 0.3 is 0 Å². The SMILES string of the molecule is C.C1=Cc2ccccc2OC1.[SiH4]. The fraction of sp³-hybridized carbons (Fsp3) is 0.200. The Morgan fingerprint density at radius 1 is 1.17 bits per heavy atom. The number of ether oxygens (including phenoxy) is 1. The maximum atomic E-state index is 5.34. The third-order valence-corrected chi connectivity index (χ3v) is 1.55. The van der Waals surface area contributed by atoms with Crippen LogP contribution in [0.1, 0.15) is 13.0 Å². The Morgan fingerprint density at radius 3 is 2.67 bits per heavy atom. The second-order valence-corrected chi connectivity index (χ2v) is 2.25. The highest BCUT2D eigenvalue weighted by atomic mass is 28.1. The van der Waals surface area contributed by atoms with Gasteiger partial charge < -0.3 is 4.74 Å². The summed E-state index contributed by atoms with van der Waals surface area (Å²) in [7, 11) is 0. The average molecular weight is 180 g/mol. The summed E-state index contributed by atoms with van der Waals surface area (Å²) >= 11 is 0. The summed E-state index contributed by atoms with van der Waals surface area (Å²) < 4.78 is 5.34. The van der Waals surface area contributed by atoms with Gasteiger partial charge in [0.1, 0.15) is 12.4 Å². The van der Waals surface area contributed by atoms with E-state index in [1.165, 1.54) is 5.56 Å². The molecule has 1 nitrogen and oxygen atoms in total. The third-order valence-electron chi connectivity index (χ3n) is 1.55. The molecule has 66 valence electrons. The first kappa shape index (κ1) is 11.0. The standard InChI is InChI=1S/C9H8O.CH4.H4Si/c1-2-6-9-8(4-1)5-3-7-10-9;;/h1-6H,7H2;2*1H4. The lowest BCUT2D eigenvalue weighted by atomic mass is 10.1. The Bertz CT molecular complexity index is 268. The molecule has 0 aliphatic carbocycles. The molecule has 1 heterocycles. The molecule has 0 spiro atoms. The van der Waals surface area contributed by atoms with E-state index in [4.69, 9.17) is 4.74 Å². The van der Waals surface area contributed by atoms with Gasteiger partial charge in [0.2, 0.25) is 0 Å². The average Bonchev–Trinajstić information content (AvgIpc) is 2.05. The van der Waals surface area contributed by atoms with Gasteiger partial charge in [-0.25, -0.2) is 0 Å². The van der Waals surface area contributed by atoms with E-state index in [2.05, 4.69) is 6.08 Å². The van der Waals surface area contributed by atoms with Crippen molar-refractivity contribution >= 4 is 17.0 Å². The first-order chi connectivity index (χ1) is 4.97. The largest absolute Gasteiger partial charge is 0.489 e. The molecule has 1 aliphatic heterocycles. The van der Waals surface area contributed by atoms with Crippen molar-refractivity contribution in [2.75, 3.05) is 6.61 Å². The zero-order valence-corrected chi connectivity index (χ0v) is 5.58. The first-order valence-electron chi connectivity index (χ1n) is 3.35. The van der Waals surface area contributed by atoms with E-state index in [0.717, 1.165) is 5.75 Å². The van der Waals surface area contributed by atoms with Crippen molar-refractivity contribution in [2.45, 2.75) is 7.43 Å². The van der Waals surface area contributed by atoms with Gasteiger partial charge in [-0.1, -0.05) is 31.7 Å². The molecule has 2 heteroatoms. The van der Waals surface area contributed by atoms with E-state index in [9.17, 15) is 0 Å². The minimum absolute atomic E-state index is 0. The molecular weight excluding hydrogens is 164 g/mol. The molecule has 0 bridgehead atoms. The van der Waals surface area contributed by atoms with Crippen LogP contribution in [-0.4, -0.2) is 17.6 Å². The predicted molar refractivity (Wildman–Crippen MR) is 59.0 cm³/mol. The Balaban J connectivity index is 0.000000605. The predicted octanol–water partition coefficient (Wildman–Crippen LogP) is 1.28. The number of benzene rings is 1. The Labute approximate surface area is 78.1 Å². The van der Waals surface area contributed by atoms with Crippen molar-refractivity contribution in [3.8, 4) is 5.75 Å². The molecule has 1 aromatic carbocycles. The van der Waals surface area contributed by atoms with Crippen LogP contribution in [0.3, 0.4) is 0 Å². The van der Waals surface area contributed by atoms with E-state index in [1.807, 2.05) is 30.3 Å². The highest BCUT2D eigenvalue weighted by molar-refractivity contribution is 5.75. The van der Waals surface area contributed by atoms with Crippen molar-refractivity contribution in [3.63, 3.8) is 0 Å². The molecule has 0 N–H and O–H groups in total. The maximum Gasteiger partial charge on any atom is 0.126 e. The Kier molecular flexibility index (Phi) is 4.37. The van der Waals surface area contributed by atoms with Crippen LogP contribution in [0.2, 0.25) is 0 Å². The Hall–Kier alpha value is -1.02. The van der Waals surface area contributed by atoms with Crippen LogP contribution < -0.4 is 4.74 Å². The van der Waals surface area contributed by atoms with E-state index >= 15 is 0 Å². The smallest absolute Gasteiger partial charge is 0.126 e. The lowest BCUT2D eigenvalue weighted by Gasteiger charge is -2.10. The van der Waals surface area contributed by atoms with E-state index in [1.54, 1.807) is 0 Å². The maximum absolute atomic E-state index is 5.34. The summed E-state index contributed by atoms with van der Waals surface area (Å²) in [5.74, 6) is 0.991. The van der Waals surface area contributed by atoms with Gasteiger partial charge in [0, 0.05) is 5.56 Å².